The van der Waals surface area contributed by atoms with Crippen molar-refractivity contribution in [2.24, 2.45) is 0 Å². The van der Waals surface area contributed by atoms with Gasteiger partial charge in [0.15, 0.2) is 12.4 Å². The van der Waals surface area contributed by atoms with Crippen molar-refractivity contribution in [2.75, 3.05) is 0 Å². The summed E-state index contributed by atoms with van der Waals surface area (Å²) in [6.07, 6.45) is 33.9. The van der Waals surface area contributed by atoms with Crippen molar-refractivity contribution >= 4 is 0 Å². The Morgan fingerprint density at radius 1 is 0.500 bits per heavy atom. The van der Waals surface area contributed by atoms with Gasteiger partial charge in [0, 0.05) is 30.9 Å². The maximum absolute atomic E-state index is 4.09. The molecule has 0 amide bonds. The maximum Gasteiger partial charge on any atom is 0.169 e. The second-order valence-electron chi connectivity index (χ2n) is 9.57. The van der Waals surface area contributed by atoms with E-state index >= 15 is 0 Å². The van der Waals surface area contributed by atoms with E-state index in [0.717, 1.165) is 6.54 Å². The third-order valence-electron chi connectivity index (χ3n) is 6.67. The van der Waals surface area contributed by atoms with Crippen LogP contribution in [0.3, 0.4) is 0 Å². The molecule has 2 aromatic rings. The number of unbranched alkanes of at least 4 members (excludes halogenated alkanes) is 17. The van der Waals surface area contributed by atoms with Gasteiger partial charge in [-0.2, -0.15) is 0 Å². The van der Waals surface area contributed by atoms with E-state index in [9.17, 15) is 0 Å². The second kappa shape index (κ2) is 18.8. The van der Waals surface area contributed by atoms with E-state index in [-0.39, 0.29) is 0 Å². The molecular weight excluding hydrogens is 388 g/mol. The van der Waals surface area contributed by atoms with Crippen molar-refractivity contribution in [3.8, 4) is 11.1 Å². The molecule has 2 aromatic heterocycles. The fourth-order valence-corrected chi connectivity index (χ4v) is 4.54. The van der Waals surface area contributed by atoms with Gasteiger partial charge < -0.3 is 0 Å². The van der Waals surface area contributed by atoms with Gasteiger partial charge in [0.1, 0.15) is 6.54 Å². The summed E-state index contributed by atoms with van der Waals surface area (Å²) in [4.78, 5) is 4.09. The molecule has 32 heavy (non-hydrogen) atoms. The zero-order valence-corrected chi connectivity index (χ0v) is 20.9. The van der Waals surface area contributed by atoms with Crippen LogP contribution < -0.4 is 4.57 Å². The quantitative estimate of drug-likeness (QED) is 0.149. The predicted octanol–water partition coefficient (Wildman–Crippen LogP) is 9.08. The lowest BCUT2D eigenvalue weighted by atomic mass is 10.0. The van der Waals surface area contributed by atoms with E-state index in [4.69, 9.17) is 0 Å². The Balaban J connectivity index is 1.33. The minimum atomic E-state index is 1.13. The molecule has 2 nitrogen and oxygen atoms in total. The van der Waals surface area contributed by atoms with Gasteiger partial charge in [0.05, 0.1) is 0 Å². The molecule has 0 fully saturated rings. The smallest absolute Gasteiger partial charge is 0.169 e. The summed E-state index contributed by atoms with van der Waals surface area (Å²) >= 11 is 0. The highest BCUT2D eigenvalue weighted by Crippen LogP contribution is 2.16. The molecule has 0 saturated carbocycles. The van der Waals surface area contributed by atoms with Crippen LogP contribution >= 0.6 is 0 Å². The van der Waals surface area contributed by atoms with Crippen LogP contribution in [0.1, 0.15) is 122 Å². The first-order valence-electron chi connectivity index (χ1n) is 13.8. The molecule has 0 unspecified atom stereocenters. The van der Waals surface area contributed by atoms with Crippen LogP contribution in [0.15, 0.2) is 49.1 Å². The molecule has 0 spiro atoms. The Hall–Kier alpha value is -1.70. The summed E-state index contributed by atoms with van der Waals surface area (Å²) in [5.74, 6) is 0. The highest BCUT2D eigenvalue weighted by atomic mass is 14.9. The highest BCUT2D eigenvalue weighted by Gasteiger charge is 2.03. The highest BCUT2D eigenvalue weighted by molar-refractivity contribution is 5.61. The minimum Gasteiger partial charge on any atom is -0.265 e. The average Bonchev–Trinajstić information content (AvgIpc) is 2.84. The van der Waals surface area contributed by atoms with Gasteiger partial charge in [-0.05, 0) is 29.7 Å². The molecule has 178 valence electrons. The summed E-state index contributed by atoms with van der Waals surface area (Å²) in [5, 5.41) is 0. The maximum atomic E-state index is 4.09. The molecule has 0 aromatic carbocycles. The SMILES string of the molecule is CCCCCCCCCCCCCCCCCCCC[n+]1ccc(-c2ccncc2)cc1. The number of hydrogen-bond acceptors (Lipinski definition) is 1. The predicted molar refractivity (Wildman–Crippen MR) is 139 cm³/mol. The first-order chi connectivity index (χ1) is 15.9. The molecule has 0 aliphatic heterocycles. The average molecular weight is 438 g/mol. The van der Waals surface area contributed by atoms with Crippen molar-refractivity contribution in [3.05, 3.63) is 49.1 Å². The first-order valence-corrected chi connectivity index (χ1v) is 13.8. The zero-order valence-electron chi connectivity index (χ0n) is 20.9. The van der Waals surface area contributed by atoms with E-state index in [1.165, 1.54) is 127 Å². The number of aryl methyl sites for hydroxylation is 1. The van der Waals surface area contributed by atoms with Crippen molar-refractivity contribution in [3.63, 3.8) is 0 Å². The molecule has 2 heteroatoms. The summed E-state index contributed by atoms with van der Waals surface area (Å²) in [7, 11) is 0. The number of rotatable bonds is 20. The van der Waals surface area contributed by atoms with Crippen LogP contribution in [-0.4, -0.2) is 4.98 Å². The fourth-order valence-electron chi connectivity index (χ4n) is 4.54. The van der Waals surface area contributed by atoms with Gasteiger partial charge in [0.2, 0.25) is 0 Å². The molecular formula is C30H49N2+. The molecule has 2 heterocycles. The van der Waals surface area contributed by atoms with Crippen molar-refractivity contribution < 1.29 is 4.57 Å². The normalized spacial score (nSPS) is 11.2. The number of pyridine rings is 2. The van der Waals surface area contributed by atoms with Gasteiger partial charge in [-0.15, -0.1) is 0 Å². The lowest BCUT2D eigenvalue weighted by Gasteiger charge is -2.04. The summed E-state index contributed by atoms with van der Waals surface area (Å²) in [5.41, 5.74) is 2.50. The molecule has 0 N–H and O–H groups in total. The van der Waals surface area contributed by atoms with Gasteiger partial charge in [-0.25, -0.2) is 4.57 Å². The van der Waals surface area contributed by atoms with Crippen molar-refractivity contribution in [1.29, 1.82) is 0 Å². The number of nitrogens with zero attached hydrogens (tertiary/aromatic N) is 2. The van der Waals surface area contributed by atoms with Crippen molar-refractivity contribution in [2.45, 2.75) is 129 Å². The largest absolute Gasteiger partial charge is 0.265 e. The number of hydrogen-bond donors (Lipinski definition) is 0. The van der Waals surface area contributed by atoms with E-state index in [1.54, 1.807) is 0 Å². The van der Waals surface area contributed by atoms with Crippen LogP contribution in [-0.2, 0) is 6.54 Å². The Bertz CT molecular complexity index is 650. The Labute approximate surface area is 198 Å². The Morgan fingerprint density at radius 3 is 1.31 bits per heavy atom. The van der Waals surface area contributed by atoms with Gasteiger partial charge >= 0.3 is 0 Å². The lowest BCUT2D eigenvalue weighted by Crippen LogP contribution is -2.32. The summed E-state index contributed by atoms with van der Waals surface area (Å²) in [6.45, 7) is 3.43. The van der Waals surface area contributed by atoms with E-state index in [2.05, 4.69) is 53.1 Å². The molecule has 0 aliphatic rings. The lowest BCUT2D eigenvalue weighted by molar-refractivity contribution is -0.697. The third-order valence-corrected chi connectivity index (χ3v) is 6.67. The summed E-state index contributed by atoms with van der Waals surface area (Å²) in [6, 6.07) is 8.56. The van der Waals surface area contributed by atoms with Crippen LogP contribution in [0.5, 0.6) is 0 Å². The van der Waals surface area contributed by atoms with E-state index in [1.807, 2.05) is 12.4 Å². The second-order valence-corrected chi connectivity index (χ2v) is 9.57. The minimum absolute atomic E-state index is 1.13. The van der Waals surface area contributed by atoms with E-state index < -0.39 is 0 Å². The van der Waals surface area contributed by atoms with Gasteiger partial charge in [-0.3, -0.25) is 4.98 Å². The van der Waals surface area contributed by atoms with Crippen LogP contribution in [0.4, 0.5) is 0 Å². The fraction of sp³-hybridized carbons (Fsp3) is 0.667. The standard InChI is InChI=1S/C30H49N2/c1-2-3-4-5-6-7-8-9-10-11-12-13-14-15-16-17-18-19-26-32-27-22-30(23-28-32)29-20-24-31-25-21-29/h20-25,27-28H,2-19,26H2,1H3/q+1. The molecule has 0 radical (unpaired) electrons. The van der Waals surface area contributed by atoms with Crippen LogP contribution in [0, 0.1) is 0 Å². The zero-order chi connectivity index (χ0) is 22.5. The molecule has 2 rings (SSSR count). The Morgan fingerprint density at radius 2 is 0.875 bits per heavy atom. The monoisotopic (exact) mass is 437 g/mol. The van der Waals surface area contributed by atoms with E-state index in [0.29, 0.717) is 0 Å². The van der Waals surface area contributed by atoms with Crippen molar-refractivity contribution in [1.82, 2.24) is 4.98 Å². The van der Waals surface area contributed by atoms with Gasteiger partial charge in [0.25, 0.3) is 0 Å². The summed E-state index contributed by atoms with van der Waals surface area (Å²) < 4.78 is 2.32. The first kappa shape index (κ1) is 26.6. The van der Waals surface area contributed by atoms with Crippen LogP contribution in [0.2, 0.25) is 0 Å². The number of aromatic nitrogens is 2. The molecule has 0 bridgehead atoms. The Kier molecular flexibility index (Phi) is 15.6. The molecule has 0 atom stereocenters. The molecule has 0 aliphatic carbocycles. The third kappa shape index (κ3) is 13.0. The van der Waals surface area contributed by atoms with Crippen LogP contribution in [0.25, 0.3) is 11.1 Å². The topological polar surface area (TPSA) is 16.8 Å². The van der Waals surface area contributed by atoms with Gasteiger partial charge in [-0.1, -0.05) is 110 Å². The molecule has 0 saturated heterocycles.